The molecule has 0 unspecified atom stereocenters. The number of ketones is 1. The zero-order valence-electron chi connectivity index (χ0n) is 11.9. The number of hydrogen-bond acceptors (Lipinski definition) is 3. The van der Waals surface area contributed by atoms with Gasteiger partial charge in [0.1, 0.15) is 11.4 Å². The fraction of sp³-hybridized carbons (Fsp3) is 0.562. The van der Waals surface area contributed by atoms with Crippen LogP contribution in [0.15, 0.2) is 24.3 Å². The summed E-state index contributed by atoms with van der Waals surface area (Å²) >= 11 is 0. The quantitative estimate of drug-likeness (QED) is 0.760. The summed E-state index contributed by atoms with van der Waals surface area (Å²) in [7, 11) is 1.64. The van der Waals surface area contributed by atoms with Crippen LogP contribution < -0.4 is 4.74 Å². The standard InChI is InChI=1S/C16H22O3/c1-12(2)19-14-8-6-13(7-9-14)15(17)16(18-3)10-4-5-11-16/h6-9,12H,4-5,10-11H2,1-3H3. The minimum absolute atomic E-state index is 0.101. The van der Waals surface area contributed by atoms with E-state index < -0.39 is 5.60 Å². The maximum Gasteiger partial charge on any atom is 0.194 e. The molecular weight excluding hydrogens is 240 g/mol. The van der Waals surface area contributed by atoms with Crippen LogP contribution in [0.3, 0.4) is 0 Å². The first-order valence-electron chi connectivity index (χ1n) is 6.94. The van der Waals surface area contributed by atoms with Crippen molar-refractivity contribution in [3.63, 3.8) is 0 Å². The van der Waals surface area contributed by atoms with Crippen LogP contribution in [-0.2, 0) is 4.74 Å². The lowest BCUT2D eigenvalue weighted by molar-refractivity contribution is 0.00602. The zero-order valence-corrected chi connectivity index (χ0v) is 11.9. The van der Waals surface area contributed by atoms with Gasteiger partial charge in [0.15, 0.2) is 5.78 Å². The van der Waals surface area contributed by atoms with Crippen molar-refractivity contribution in [1.82, 2.24) is 0 Å². The molecule has 0 aromatic heterocycles. The summed E-state index contributed by atoms with van der Waals surface area (Å²) in [5.74, 6) is 0.896. The van der Waals surface area contributed by atoms with Crippen molar-refractivity contribution in [3.05, 3.63) is 29.8 Å². The predicted molar refractivity (Wildman–Crippen MR) is 74.7 cm³/mol. The predicted octanol–water partition coefficient (Wildman–Crippen LogP) is 3.62. The summed E-state index contributed by atoms with van der Waals surface area (Å²) in [6.45, 7) is 3.97. The highest BCUT2D eigenvalue weighted by molar-refractivity contribution is 6.02. The normalized spacial score (nSPS) is 17.7. The average molecular weight is 262 g/mol. The van der Waals surface area contributed by atoms with Crippen molar-refractivity contribution in [3.8, 4) is 5.75 Å². The highest BCUT2D eigenvalue weighted by Gasteiger charge is 2.41. The van der Waals surface area contributed by atoms with Gasteiger partial charge >= 0.3 is 0 Å². The fourth-order valence-corrected chi connectivity index (χ4v) is 2.69. The lowest BCUT2D eigenvalue weighted by atomic mass is 9.91. The van der Waals surface area contributed by atoms with E-state index in [1.807, 2.05) is 38.1 Å². The minimum atomic E-state index is -0.597. The molecule has 0 saturated heterocycles. The zero-order chi connectivity index (χ0) is 13.9. The molecule has 19 heavy (non-hydrogen) atoms. The Morgan fingerprint density at radius 1 is 1.16 bits per heavy atom. The van der Waals surface area contributed by atoms with E-state index in [1.165, 1.54) is 0 Å². The molecule has 3 heteroatoms. The van der Waals surface area contributed by atoms with Crippen LogP contribution in [0.5, 0.6) is 5.75 Å². The van der Waals surface area contributed by atoms with Crippen LogP contribution >= 0.6 is 0 Å². The molecule has 0 heterocycles. The third kappa shape index (κ3) is 2.98. The molecule has 0 bridgehead atoms. The second-order valence-electron chi connectivity index (χ2n) is 5.43. The third-order valence-electron chi connectivity index (χ3n) is 3.70. The van der Waals surface area contributed by atoms with Gasteiger partial charge in [-0.25, -0.2) is 0 Å². The van der Waals surface area contributed by atoms with Crippen LogP contribution in [0.4, 0.5) is 0 Å². The lowest BCUT2D eigenvalue weighted by Crippen LogP contribution is -2.37. The number of rotatable bonds is 5. The summed E-state index contributed by atoms with van der Waals surface area (Å²) in [6, 6.07) is 7.37. The van der Waals surface area contributed by atoms with E-state index in [4.69, 9.17) is 9.47 Å². The van der Waals surface area contributed by atoms with Gasteiger partial charge in [-0.3, -0.25) is 4.79 Å². The molecule has 1 aromatic carbocycles. The molecule has 1 aromatic rings. The first-order chi connectivity index (χ1) is 9.07. The Morgan fingerprint density at radius 2 is 1.74 bits per heavy atom. The average Bonchev–Trinajstić information content (AvgIpc) is 2.88. The van der Waals surface area contributed by atoms with Crippen LogP contribution in [0, 0.1) is 0 Å². The molecule has 0 atom stereocenters. The second kappa shape index (κ2) is 5.74. The molecule has 104 valence electrons. The Morgan fingerprint density at radius 3 is 2.21 bits per heavy atom. The maximum atomic E-state index is 12.6. The summed E-state index contributed by atoms with van der Waals surface area (Å²) in [4.78, 5) is 12.6. The summed E-state index contributed by atoms with van der Waals surface area (Å²) in [5.41, 5.74) is 0.111. The lowest BCUT2D eigenvalue weighted by Gasteiger charge is -2.25. The number of carbonyl (C=O) groups is 1. The topological polar surface area (TPSA) is 35.5 Å². The van der Waals surface area contributed by atoms with Gasteiger partial charge in [-0.1, -0.05) is 0 Å². The van der Waals surface area contributed by atoms with E-state index >= 15 is 0 Å². The van der Waals surface area contributed by atoms with Crippen LogP contribution in [0.1, 0.15) is 49.9 Å². The van der Waals surface area contributed by atoms with Gasteiger partial charge < -0.3 is 9.47 Å². The number of Topliss-reactive ketones (excluding diaryl/α,β-unsaturated/α-hetero) is 1. The molecule has 0 spiro atoms. The Bertz CT molecular complexity index is 428. The SMILES string of the molecule is COC1(C(=O)c2ccc(OC(C)C)cc2)CCCC1. The van der Waals surface area contributed by atoms with E-state index in [1.54, 1.807) is 7.11 Å². The van der Waals surface area contributed by atoms with Gasteiger partial charge in [0.25, 0.3) is 0 Å². The second-order valence-corrected chi connectivity index (χ2v) is 5.43. The van der Waals surface area contributed by atoms with Crippen molar-refractivity contribution in [2.45, 2.75) is 51.2 Å². The van der Waals surface area contributed by atoms with E-state index in [9.17, 15) is 4.79 Å². The number of hydrogen-bond donors (Lipinski definition) is 0. The number of ether oxygens (including phenoxy) is 2. The summed E-state index contributed by atoms with van der Waals surface area (Å²) in [5, 5.41) is 0. The van der Waals surface area contributed by atoms with E-state index in [2.05, 4.69) is 0 Å². The fourth-order valence-electron chi connectivity index (χ4n) is 2.69. The maximum absolute atomic E-state index is 12.6. The molecule has 0 amide bonds. The molecule has 1 saturated carbocycles. The first-order valence-corrected chi connectivity index (χ1v) is 6.94. The van der Waals surface area contributed by atoms with Crippen molar-refractivity contribution >= 4 is 5.78 Å². The molecule has 3 nitrogen and oxygen atoms in total. The molecular formula is C16H22O3. The van der Waals surface area contributed by atoms with Crippen molar-refractivity contribution in [1.29, 1.82) is 0 Å². The van der Waals surface area contributed by atoms with Gasteiger partial charge in [0.05, 0.1) is 6.10 Å². The number of methoxy groups -OCH3 is 1. The molecule has 1 aliphatic rings. The van der Waals surface area contributed by atoms with E-state index in [0.717, 1.165) is 31.4 Å². The van der Waals surface area contributed by atoms with Crippen LogP contribution in [0.2, 0.25) is 0 Å². The molecule has 0 aliphatic heterocycles. The number of benzene rings is 1. The van der Waals surface area contributed by atoms with Crippen LogP contribution in [-0.4, -0.2) is 24.6 Å². The third-order valence-corrected chi connectivity index (χ3v) is 3.70. The largest absolute Gasteiger partial charge is 0.491 e. The summed E-state index contributed by atoms with van der Waals surface area (Å²) in [6.07, 6.45) is 3.92. The molecule has 0 N–H and O–H groups in total. The first kappa shape index (κ1) is 14.1. The molecule has 1 fully saturated rings. The highest BCUT2D eigenvalue weighted by atomic mass is 16.5. The van der Waals surface area contributed by atoms with Gasteiger partial charge in [-0.2, -0.15) is 0 Å². The highest BCUT2D eigenvalue weighted by Crippen LogP contribution is 2.35. The van der Waals surface area contributed by atoms with Crippen LogP contribution in [0.25, 0.3) is 0 Å². The van der Waals surface area contributed by atoms with Gasteiger partial charge in [-0.15, -0.1) is 0 Å². The van der Waals surface area contributed by atoms with Gasteiger partial charge in [0, 0.05) is 12.7 Å². The monoisotopic (exact) mass is 262 g/mol. The van der Waals surface area contributed by atoms with Crippen molar-refractivity contribution in [2.24, 2.45) is 0 Å². The molecule has 2 rings (SSSR count). The van der Waals surface area contributed by atoms with Crippen molar-refractivity contribution < 1.29 is 14.3 Å². The van der Waals surface area contributed by atoms with Gasteiger partial charge in [-0.05, 0) is 63.8 Å². The Balaban J connectivity index is 2.15. The Kier molecular flexibility index (Phi) is 4.25. The molecule has 0 radical (unpaired) electrons. The van der Waals surface area contributed by atoms with Crippen molar-refractivity contribution in [2.75, 3.05) is 7.11 Å². The number of carbonyl (C=O) groups excluding carboxylic acids is 1. The Labute approximate surface area is 114 Å². The Hall–Kier alpha value is -1.35. The summed E-state index contributed by atoms with van der Waals surface area (Å²) < 4.78 is 11.1. The van der Waals surface area contributed by atoms with E-state index in [0.29, 0.717) is 5.56 Å². The molecule has 1 aliphatic carbocycles. The minimum Gasteiger partial charge on any atom is -0.491 e. The smallest absolute Gasteiger partial charge is 0.194 e. The van der Waals surface area contributed by atoms with Gasteiger partial charge in [0.2, 0.25) is 0 Å². The van der Waals surface area contributed by atoms with E-state index in [-0.39, 0.29) is 11.9 Å².